The van der Waals surface area contributed by atoms with Gasteiger partial charge in [-0.2, -0.15) is 0 Å². The number of carbonyl (C=O) groups is 1. The van der Waals surface area contributed by atoms with Crippen LogP contribution >= 0.6 is 0 Å². The molecule has 0 aliphatic carbocycles. The van der Waals surface area contributed by atoms with E-state index in [0.29, 0.717) is 13.0 Å². The van der Waals surface area contributed by atoms with E-state index in [1.807, 2.05) is 59.6 Å². The van der Waals surface area contributed by atoms with Gasteiger partial charge in [0.2, 0.25) is 5.91 Å². The van der Waals surface area contributed by atoms with Crippen LogP contribution in [0.1, 0.15) is 31.9 Å². The third kappa shape index (κ3) is 4.34. The molecule has 0 unspecified atom stereocenters. The van der Waals surface area contributed by atoms with Crippen molar-refractivity contribution < 1.29 is 9.53 Å². The highest BCUT2D eigenvalue weighted by Gasteiger charge is 2.37. The molecular weight excluding hydrogens is 408 g/mol. The van der Waals surface area contributed by atoms with Gasteiger partial charge in [0.1, 0.15) is 11.9 Å². The Bertz CT molecular complexity index is 1260. The third-order valence-electron chi connectivity index (χ3n) is 6.70. The van der Waals surface area contributed by atoms with Gasteiger partial charge in [-0.25, -0.2) is 0 Å². The molecule has 1 aliphatic heterocycles. The summed E-state index contributed by atoms with van der Waals surface area (Å²) < 4.78 is 6.54. The maximum Gasteiger partial charge on any atom is 0.223 e. The smallest absolute Gasteiger partial charge is 0.223 e. The first kappa shape index (κ1) is 21.2. The van der Waals surface area contributed by atoms with Gasteiger partial charge in [0.05, 0.1) is 11.6 Å². The summed E-state index contributed by atoms with van der Waals surface area (Å²) >= 11 is 0. The van der Waals surface area contributed by atoms with E-state index < -0.39 is 0 Å². The number of benzene rings is 3. The standard InChI is InChI=1S/C29H28N2O2/c1-20(22-10-5-3-6-11-22)31-19-25(18-29(31)32)21(2)33-28-17-24(23-12-7-4-8-13-23)16-27-26(28)14-9-15-30-27/h3-17,20-21,25H,18-19H2,1-2H3/t20-,21-,25-/m1/s1. The summed E-state index contributed by atoms with van der Waals surface area (Å²) in [6, 6.07) is 28.7. The topological polar surface area (TPSA) is 42.4 Å². The van der Waals surface area contributed by atoms with E-state index in [-0.39, 0.29) is 24.0 Å². The van der Waals surface area contributed by atoms with E-state index in [1.165, 1.54) is 0 Å². The van der Waals surface area contributed by atoms with Crippen LogP contribution < -0.4 is 4.74 Å². The van der Waals surface area contributed by atoms with Gasteiger partial charge in [0, 0.05) is 30.5 Å². The zero-order valence-corrected chi connectivity index (χ0v) is 19.0. The first-order chi connectivity index (χ1) is 16.1. The molecule has 0 bridgehead atoms. The van der Waals surface area contributed by atoms with E-state index >= 15 is 0 Å². The number of hydrogen-bond donors (Lipinski definition) is 0. The molecule has 1 fully saturated rings. The average Bonchev–Trinajstić information content (AvgIpc) is 3.26. The van der Waals surface area contributed by atoms with E-state index in [0.717, 1.165) is 33.3 Å². The molecule has 4 heteroatoms. The summed E-state index contributed by atoms with van der Waals surface area (Å²) in [5, 5.41) is 0.989. The van der Waals surface area contributed by atoms with Crippen LogP contribution in [0.15, 0.2) is 91.1 Å². The van der Waals surface area contributed by atoms with Crippen molar-refractivity contribution >= 4 is 16.8 Å². The summed E-state index contributed by atoms with van der Waals surface area (Å²) in [7, 11) is 0. The largest absolute Gasteiger partial charge is 0.490 e. The SMILES string of the molecule is C[C@H](c1ccccc1)N1C[C@H]([C@@H](C)Oc2cc(-c3ccccc3)cc3ncccc23)CC1=O. The monoisotopic (exact) mass is 436 g/mol. The van der Waals surface area contributed by atoms with Gasteiger partial charge in [-0.3, -0.25) is 9.78 Å². The van der Waals surface area contributed by atoms with Crippen LogP contribution in [0.4, 0.5) is 0 Å². The molecule has 1 amide bonds. The van der Waals surface area contributed by atoms with Gasteiger partial charge in [0.15, 0.2) is 0 Å². The molecule has 4 aromatic rings. The number of amides is 1. The van der Waals surface area contributed by atoms with Crippen LogP contribution in [0.2, 0.25) is 0 Å². The first-order valence-corrected chi connectivity index (χ1v) is 11.6. The Morgan fingerprint density at radius 1 is 0.909 bits per heavy atom. The van der Waals surface area contributed by atoms with Crippen LogP contribution in [0.5, 0.6) is 5.75 Å². The van der Waals surface area contributed by atoms with E-state index in [2.05, 4.69) is 55.2 Å². The second-order valence-corrected chi connectivity index (χ2v) is 8.83. The number of carbonyl (C=O) groups excluding carboxylic acids is 1. The zero-order chi connectivity index (χ0) is 22.8. The van der Waals surface area contributed by atoms with Gasteiger partial charge < -0.3 is 9.64 Å². The van der Waals surface area contributed by atoms with Gasteiger partial charge in [-0.15, -0.1) is 0 Å². The molecular formula is C29H28N2O2. The van der Waals surface area contributed by atoms with Crippen LogP contribution in [0, 0.1) is 5.92 Å². The van der Waals surface area contributed by atoms with Crippen molar-refractivity contribution in [1.82, 2.24) is 9.88 Å². The summed E-state index contributed by atoms with van der Waals surface area (Å²) in [5.41, 5.74) is 4.27. The van der Waals surface area contributed by atoms with E-state index in [1.54, 1.807) is 0 Å². The molecule has 1 aromatic heterocycles. The molecule has 166 valence electrons. The fourth-order valence-corrected chi connectivity index (χ4v) is 4.70. The molecule has 3 atom stereocenters. The van der Waals surface area contributed by atoms with Crippen molar-refractivity contribution in [3.05, 3.63) is 96.7 Å². The minimum atomic E-state index is -0.101. The van der Waals surface area contributed by atoms with E-state index in [9.17, 15) is 4.79 Å². The van der Waals surface area contributed by atoms with Gasteiger partial charge in [-0.05, 0) is 54.8 Å². The number of likely N-dealkylation sites (tertiary alicyclic amines) is 1. The Labute approximate surface area is 194 Å². The fourth-order valence-electron chi connectivity index (χ4n) is 4.70. The number of hydrogen-bond acceptors (Lipinski definition) is 3. The molecule has 1 aliphatic rings. The quantitative estimate of drug-likeness (QED) is 0.357. The van der Waals surface area contributed by atoms with E-state index in [4.69, 9.17) is 4.74 Å². The lowest BCUT2D eigenvalue weighted by molar-refractivity contribution is -0.129. The number of pyridine rings is 1. The Morgan fingerprint density at radius 2 is 1.64 bits per heavy atom. The van der Waals surface area contributed by atoms with Crippen LogP contribution in [-0.2, 0) is 4.79 Å². The highest BCUT2D eigenvalue weighted by Crippen LogP contribution is 2.35. The lowest BCUT2D eigenvalue weighted by Crippen LogP contribution is -2.31. The third-order valence-corrected chi connectivity index (χ3v) is 6.70. The number of rotatable bonds is 6. The maximum atomic E-state index is 12.9. The lowest BCUT2D eigenvalue weighted by Gasteiger charge is -2.27. The van der Waals surface area contributed by atoms with Gasteiger partial charge in [0.25, 0.3) is 0 Å². The van der Waals surface area contributed by atoms with Gasteiger partial charge >= 0.3 is 0 Å². The minimum absolute atomic E-state index is 0.0577. The Kier molecular flexibility index (Phi) is 5.82. The number of aromatic nitrogens is 1. The lowest BCUT2D eigenvalue weighted by atomic mass is 10.0. The van der Waals surface area contributed by atoms with Crippen LogP contribution in [0.3, 0.4) is 0 Å². The molecule has 2 heterocycles. The summed E-state index contributed by atoms with van der Waals surface area (Å²) in [5.74, 6) is 1.14. The second-order valence-electron chi connectivity index (χ2n) is 8.83. The number of ether oxygens (including phenoxy) is 1. The number of nitrogens with zero attached hydrogens (tertiary/aromatic N) is 2. The van der Waals surface area contributed by atoms with Crippen molar-refractivity contribution in [3.8, 4) is 16.9 Å². The Hall–Kier alpha value is -3.66. The fraction of sp³-hybridized carbons (Fsp3) is 0.241. The van der Waals surface area contributed by atoms with Crippen molar-refractivity contribution in [3.63, 3.8) is 0 Å². The molecule has 33 heavy (non-hydrogen) atoms. The van der Waals surface area contributed by atoms with Crippen molar-refractivity contribution in [2.75, 3.05) is 6.54 Å². The Balaban J connectivity index is 1.39. The van der Waals surface area contributed by atoms with Crippen molar-refractivity contribution in [1.29, 1.82) is 0 Å². The minimum Gasteiger partial charge on any atom is -0.490 e. The molecule has 5 rings (SSSR count). The predicted molar refractivity (Wildman–Crippen MR) is 132 cm³/mol. The average molecular weight is 437 g/mol. The maximum absolute atomic E-state index is 12.9. The highest BCUT2D eigenvalue weighted by atomic mass is 16.5. The Morgan fingerprint density at radius 3 is 2.39 bits per heavy atom. The molecule has 1 saturated heterocycles. The zero-order valence-electron chi connectivity index (χ0n) is 19.0. The molecule has 0 spiro atoms. The number of fused-ring (bicyclic) bond motifs is 1. The highest BCUT2D eigenvalue weighted by molar-refractivity contribution is 5.90. The second kappa shape index (κ2) is 9.07. The predicted octanol–water partition coefficient (Wildman–Crippen LogP) is 6.28. The summed E-state index contributed by atoms with van der Waals surface area (Å²) in [4.78, 5) is 19.4. The van der Waals surface area contributed by atoms with Gasteiger partial charge in [-0.1, -0.05) is 60.7 Å². The van der Waals surface area contributed by atoms with Crippen LogP contribution in [-0.4, -0.2) is 28.4 Å². The molecule has 0 radical (unpaired) electrons. The molecule has 0 N–H and O–H groups in total. The van der Waals surface area contributed by atoms with Crippen molar-refractivity contribution in [2.24, 2.45) is 5.92 Å². The molecule has 0 saturated carbocycles. The first-order valence-electron chi connectivity index (χ1n) is 11.6. The normalized spacial score (nSPS) is 17.8. The van der Waals surface area contributed by atoms with Crippen LogP contribution in [0.25, 0.3) is 22.0 Å². The summed E-state index contributed by atoms with van der Waals surface area (Å²) in [6.07, 6.45) is 2.21. The van der Waals surface area contributed by atoms with Crippen molar-refractivity contribution in [2.45, 2.75) is 32.4 Å². The molecule has 4 nitrogen and oxygen atoms in total. The summed E-state index contributed by atoms with van der Waals surface area (Å²) in [6.45, 7) is 4.88. The molecule has 3 aromatic carbocycles.